The second-order valence-corrected chi connectivity index (χ2v) is 6.63. The smallest absolute Gasteiger partial charge is 0.430 e. The van der Waals surface area contributed by atoms with Gasteiger partial charge >= 0.3 is 12.1 Å². The minimum atomic E-state index is -4.84. The van der Waals surface area contributed by atoms with E-state index in [1.807, 2.05) is 31.2 Å². The van der Waals surface area contributed by atoms with Crippen LogP contribution in [0.2, 0.25) is 5.02 Å². The lowest BCUT2D eigenvalue weighted by Gasteiger charge is -2.27. The number of rotatable bonds is 4. The summed E-state index contributed by atoms with van der Waals surface area (Å²) in [5, 5.41) is 9.44. The fourth-order valence-electron chi connectivity index (χ4n) is 3.09. The molecule has 3 rings (SSSR count). The number of benzene rings is 2. The number of carboxylic acid groups (broad SMARTS) is 1. The molecule has 0 bridgehead atoms. The van der Waals surface area contributed by atoms with Gasteiger partial charge in [-0.2, -0.15) is 13.2 Å². The van der Waals surface area contributed by atoms with E-state index in [1.54, 1.807) is 0 Å². The predicted octanol–water partition coefficient (Wildman–Crippen LogP) is 5.28. The molecule has 1 aliphatic rings. The summed E-state index contributed by atoms with van der Waals surface area (Å²) in [6, 6.07) is 10.6. The molecule has 1 unspecified atom stereocenters. The molecule has 0 aromatic heterocycles. The van der Waals surface area contributed by atoms with Gasteiger partial charge in [-0.05, 0) is 47.7 Å². The second kappa shape index (κ2) is 7.27. The van der Waals surface area contributed by atoms with Crippen LogP contribution in [0.1, 0.15) is 29.2 Å². The Labute approximate surface area is 159 Å². The highest BCUT2D eigenvalue weighted by atomic mass is 35.5. The van der Waals surface area contributed by atoms with Gasteiger partial charge in [-0.25, -0.2) is 4.79 Å². The van der Waals surface area contributed by atoms with Crippen LogP contribution in [-0.4, -0.2) is 23.4 Å². The maximum Gasteiger partial charge on any atom is 0.430 e. The molecule has 0 fully saturated rings. The van der Waals surface area contributed by atoms with Crippen molar-refractivity contribution in [1.82, 2.24) is 0 Å². The van der Waals surface area contributed by atoms with E-state index in [-0.39, 0.29) is 11.3 Å². The number of fused-ring (bicyclic) bond motifs is 1. The van der Waals surface area contributed by atoms with E-state index in [2.05, 4.69) is 0 Å². The summed E-state index contributed by atoms with van der Waals surface area (Å²) in [6.45, 7) is 2.02. The second-order valence-electron chi connectivity index (χ2n) is 6.22. The maximum atomic E-state index is 13.2. The summed E-state index contributed by atoms with van der Waals surface area (Å²) >= 11 is 6.31. The standard InChI is InChI=1S/C20H16ClF3O3/c1-2-11-5-3-4-6-12(11)7-13-10-17-14(9-16(13)21)8-15(19(25)26)18(27-17)20(22,23)24/h3-6,8-10,18H,2,7H2,1H3,(H,25,26). The average molecular weight is 397 g/mol. The first kappa shape index (κ1) is 19.3. The third-order valence-corrected chi connectivity index (χ3v) is 4.79. The highest BCUT2D eigenvalue weighted by molar-refractivity contribution is 6.31. The summed E-state index contributed by atoms with van der Waals surface area (Å²) in [7, 11) is 0. The molecule has 0 amide bonds. The minimum absolute atomic E-state index is 0.0318. The number of ether oxygens (including phenoxy) is 1. The van der Waals surface area contributed by atoms with Crippen molar-refractivity contribution >= 4 is 23.6 Å². The molecular weight excluding hydrogens is 381 g/mol. The van der Waals surface area contributed by atoms with Gasteiger partial charge in [-0.3, -0.25) is 0 Å². The molecule has 27 heavy (non-hydrogen) atoms. The zero-order chi connectivity index (χ0) is 19.8. The summed E-state index contributed by atoms with van der Waals surface area (Å²) in [5.74, 6) is -1.71. The van der Waals surface area contributed by atoms with E-state index < -0.39 is 23.8 Å². The first-order valence-corrected chi connectivity index (χ1v) is 8.66. The van der Waals surface area contributed by atoms with Crippen LogP contribution in [0.15, 0.2) is 42.0 Å². The highest BCUT2D eigenvalue weighted by Gasteiger charge is 2.48. The van der Waals surface area contributed by atoms with Gasteiger partial charge in [0.25, 0.3) is 0 Å². The summed E-state index contributed by atoms with van der Waals surface area (Å²) < 4.78 is 44.7. The lowest BCUT2D eigenvalue weighted by atomic mass is 9.95. The van der Waals surface area contributed by atoms with Crippen molar-refractivity contribution in [1.29, 1.82) is 0 Å². The third-order valence-electron chi connectivity index (χ3n) is 4.44. The molecule has 1 atom stereocenters. The molecule has 0 aliphatic carbocycles. The molecule has 2 aromatic rings. The van der Waals surface area contributed by atoms with Crippen molar-refractivity contribution in [2.24, 2.45) is 0 Å². The van der Waals surface area contributed by atoms with E-state index in [0.717, 1.165) is 23.6 Å². The van der Waals surface area contributed by atoms with Gasteiger partial charge < -0.3 is 9.84 Å². The van der Waals surface area contributed by atoms with Crippen molar-refractivity contribution in [2.45, 2.75) is 32.0 Å². The monoisotopic (exact) mass is 396 g/mol. The minimum Gasteiger partial charge on any atom is -0.478 e. The van der Waals surface area contributed by atoms with Crippen molar-refractivity contribution < 1.29 is 27.8 Å². The number of carbonyl (C=O) groups is 1. The maximum absolute atomic E-state index is 13.2. The lowest BCUT2D eigenvalue weighted by Crippen LogP contribution is -2.40. The van der Waals surface area contributed by atoms with Gasteiger partial charge in [0, 0.05) is 10.6 Å². The molecule has 2 aromatic carbocycles. The van der Waals surface area contributed by atoms with Crippen LogP contribution in [-0.2, 0) is 17.6 Å². The van der Waals surface area contributed by atoms with Gasteiger partial charge in [-0.1, -0.05) is 42.8 Å². The van der Waals surface area contributed by atoms with Crippen LogP contribution in [0.5, 0.6) is 5.75 Å². The van der Waals surface area contributed by atoms with Crippen molar-refractivity contribution in [3.8, 4) is 5.75 Å². The molecule has 0 saturated carbocycles. The number of hydrogen-bond donors (Lipinski definition) is 1. The molecule has 1 heterocycles. The van der Waals surface area contributed by atoms with Crippen LogP contribution in [0.3, 0.4) is 0 Å². The van der Waals surface area contributed by atoms with E-state index in [0.29, 0.717) is 17.0 Å². The Bertz CT molecular complexity index is 919. The number of aryl methyl sites for hydroxylation is 1. The summed E-state index contributed by atoms with van der Waals surface area (Å²) in [4.78, 5) is 11.2. The zero-order valence-corrected chi connectivity index (χ0v) is 15.1. The van der Waals surface area contributed by atoms with Gasteiger partial charge in [0.1, 0.15) is 5.75 Å². The van der Waals surface area contributed by atoms with Gasteiger partial charge in [0.05, 0.1) is 5.57 Å². The predicted molar refractivity (Wildman–Crippen MR) is 96.2 cm³/mol. The van der Waals surface area contributed by atoms with Crippen LogP contribution in [0, 0.1) is 0 Å². The fourth-order valence-corrected chi connectivity index (χ4v) is 3.33. The third kappa shape index (κ3) is 3.95. The fraction of sp³-hybridized carbons (Fsp3) is 0.250. The largest absolute Gasteiger partial charge is 0.478 e. The first-order valence-electron chi connectivity index (χ1n) is 8.28. The quantitative estimate of drug-likeness (QED) is 0.764. The molecule has 7 heteroatoms. The average Bonchev–Trinajstić information content (AvgIpc) is 2.61. The van der Waals surface area contributed by atoms with Crippen LogP contribution in [0.4, 0.5) is 13.2 Å². The van der Waals surface area contributed by atoms with E-state index in [4.69, 9.17) is 21.4 Å². The molecular formula is C20H16ClF3O3. The van der Waals surface area contributed by atoms with Gasteiger partial charge in [0.15, 0.2) is 0 Å². The van der Waals surface area contributed by atoms with E-state index in [9.17, 15) is 18.0 Å². The number of carboxylic acids is 1. The number of hydrogen-bond acceptors (Lipinski definition) is 2. The Morgan fingerprint density at radius 2 is 1.85 bits per heavy atom. The normalized spacial score (nSPS) is 16.3. The molecule has 3 nitrogen and oxygen atoms in total. The number of halogens is 4. The zero-order valence-electron chi connectivity index (χ0n) is 14.3. The van der Waals surface area contributed by atoms with Crippen molar-refractivity contribution in [3.63, 3.8) is 0 Å². The van der Waals surface area contributed by atoms with Crippen molar-refractivity contribution in [2.75, 3.05) is 0 Å². The number of aliphatic carboxylic acids is 1. The summed E-state index contributed by atoms with van der Waals surface area (Å²) in [6.07, 6.45) is -5.13. The Hall–Kier alpha value is -2.47. The Kier molecular flexibility index (Phi) is 5.20. The van der Waals surface area contributed by atoms with Gasteiger partial charge in [0.2, 0.25) is 6.10 Å². The Morgan fingerprint density at radius 3 is 2.44 bits per heavy atom. The molecule has 142 valence electrons. The van der Waals surface area contributed by atoms with Gasteiger partial charge in [-0.15, -0.1) is 0 Å². The number of alkyl halides is 3. The Morgan fingerprint density at radius 1 is 1.19 bits per heavy atom. The SMILES string of the molecule is CCc1ccccc1Cc1cc2c(cc1Cl)C=C(C(=O)O)C(C(F)(F)F)O2. The molecule has 0 spiro atoms. The van der Waals surface area contributed by atoms with Crippen LogP contribution in [0.25, 0.3) is 6.08 Å². The molecule has 0 radical (unpaired) electrons. The van der Waals surface area contributed by atoms with Crippen LogP contribution >= 0.6 is 11.6 Å². The van der Waals surface area contributed by atoms with Crippen LogP contribution < -0.4 is 4.74 Å². The summed E-state index contributed by atoms with van der Waals surface area (Å²) in [5.41, 5.74) is 2.10. The molecule has 0 saturated heterocycles. The lowest BCUT2D eigenvalue weighted by molar-refractivity contribution is -0.187. The van der Waals surface area contributed by atoms with E-state index in [1.165, 1.54) is 12.1 Å². The first-order chi connectivity index (χ1) is 12.7. The topological polar surface area (TPSA) is 46.5 Å². The molecule has 1 N–H and O–H groups in total. The van der Waals surface area contributed by atoms with Crippen molar-refractivity contribution in [3.05, 3.63) is 69.2 Å². The Balaban J connectivity index is 2.03. The van der Waals surface area contributed by atoms with E-state index >= 15 is 0 Å². The molecule has 1 aliphatic heterocycles. The highest BCUT2D eigenvalue weighted by Crippen LogP contribution is 2.40.